The van der Waals surface area contributed by atoms with Gasteiger partial charge in [-0.1, -0.05) is 24.3 Å². The first-order valence-electron chi connectivity index (χ1n) is 7.14. The smallest absolute Gasteiger partial charge is 0.0349 e. The van der Waals surface area contributed by atoms with Gasteiger partial charge < -0.3 is 5.32 Å². The largest absolute Gasteiger partial charge is 0.313 e. The van der Waals surface area contributed by atoms with E-state index >= 15 is 0 Å². The molecule has 1 aliphatic carbocycles. The van der Waals surface area contributed by atoms with E-state index in [1.807, 2.05) is 0 Å². The topological polar surface area (TPSA) is 12.0 Å². The molecule has 2 atom stereocenters. The van der Waals surface area contributed by atoms with Gasteiger partial charge in [0.05, 0.1) is 0 Å². The molecule has 1 heterocycles. The van der Waals surface area contributed by atoms with Gasteiger partial charge in [0.1, 0.15) is 0 Å². The van der Waals surface area contributed by atoms with Crippen LogP contribution in [-0.2, 0) is 12.8 Å². The van der Waals surface area contributed by atoms with Crippen molar-refractivity contribution in [1.29, 1.82) is 0 Å². The normalized spacial score (nSPS) is 22.2. The van der Waals surface area contributed by atoms with Crippen molar-refractivity contribution in [2.75, 3.05) is 7.05 Å². The zero-order valence-corrected chi connectivity index (χ0v) is 12.2. The number of rotatable bonds is 4. The molecule has 0 fully saturated rings. The zero-order valence-electron chi connectivity index (χ0n) is 11.4. The number of aryl methyl sites for hydroxylation is 2. The highest BCUT2D eigenvalue weighted by Gasteiger charge is 2.27. The minimum atomic E-state index is 0.531. The molecule has 0 saturated carbocycles. The highest BCUT2D eigenvalue weighted by Crippen LogP contribution is 2.36. The maximum Gasteiger partial charge on any atom is 0.0349 e. The maximum atomic E-state index is 3.54. The van der Waals surface area contributed by atoms with Crippen molar-refractivity contribution in [1.82, 2.24) is 5.32 Å². The van der Waals surface area contributed by atoms with Gasteiger partial charge in [0.2, 0.25) is 0 Å². The van der Waals surface area contributed by atoms with Crippen LogP contribution in [0.15, 0.2) is 41.1 Å². The molecule has 2 heteroatoms. The highest BCUT2D eigenvalue weighted by molar-refractivity contribution is 7.07. The summed E-state index contributed by atoms with van der Waals surface area (Å²) in [5.74, 6) is 0.764. The predicted octanol–water partition coefficient (Wildman–Crippen LogP) is 4.20. The fraction of sp³-hybridized carbons (Fsp3) is 0.412. The molecular weight excluding hydrogens is 250 g/mol. The highest BCUT2D eigenvalue weighted by atomic mass is 32.1. The van der Waals surface area contributed by atoms with Crippen molar-refractivity contribution in [3.8, 4) is 0 Å². The third-order valence-electron chi connectivity index (χ3n) is 4.34. The Morgan fingerprint density at radius 3 is 2.95 bits per heavy atom. The summed E-state index contributed by atoms with van der Waals surface area (Å²) in [6, 6.07) is 11.7. The fourth-order valence-corrected chi connectivity index (χ4v) is 4.02. The summed E-state index contributed by atoms with van der Waals surface area (Å²) in [6.45, 7) is 0. The summed E-state index contributed by atoms with van der Waals surface area (Å²) in [5.41, 5.74) is 4.55. The molecule has 0 amide bonds. The van der Waals surface area contributed by atoms with E-state index in [9.17, 15) is 0 Å². The molecule has 1 aromatic carbocycles. The first-order valence-corrected chi connectivity index (χ1v) is 8.09. The Balaban J connectivity index is 1.73. The van der Waals surface area contributed by atoms with Crippen molar-refractivity contribution < 1.29 is 0 Å². The van der Waals surface area contributed by atoms with Gasteiger partial charge in [-0.2, -0.15) is 11.3 Å². The van der Waals surface area contributed by atoms with Crippen LogP contribution in [0.25, 0.3) is 0 Å². The second-order valence-electron chi connectivity index (χ2n) is 5.43. The number of hydrogen-bond acceptors (Lipinski definition) is 2. The monoisotopic (exact) mass is 271 g/mol. The molecule has 1 N–H and O–H groups in total. The third kappa shape index (κ3) is 2.75. The van der Waals surface area contributed by atoms with E-state index in [2.05, 4.69) is 53.5 Å². The summed E-state index contributed by atoms with van der Waals surface area (Å²) in [7, 11) is 2.10. The fourth-order valence-electron chi connectivity index (χ4n) is 3.32. The van der Waals surface area contributed by atoms with Crippen molar-refractivity contribution in [2.24, 2.45) is 5.92 Å². The van der Waals surface area contributed by atoms with Gasteiger partial charge in [0.15, 0.2) is 0 Å². The molecule has 100 valence electrons. The van der Waals surface area contributed by atoms with E-state index in [0.29, 0.717) is 6.04 Å². The van der Waals surface area contributed by atoms with E-state index < -0.39 is 0 Å². The van der Waals surface area contributed by atoms with Gasteiger partial charge in [-0.05, 0) is 72.2 Å². The number of thiophene rings is 1. The van der Waals surface area contributed by atoms with Crippen LogP contribution in [0.5, 0.6) is 0 Å². The molecule has 0 saturated heterocycles. The average molecular weight is 271 g/mol. The quantitative estimate of drug-likeness (QED) is 0.878. The van der Waals surface area contributed by atoms with E-state index in [4.69, 9.17) is 0 Å². The van der Waals surface area contributed by atoms with Gasteiger partial charge in [-0.15, -0.1) is 0 Å². The second kappa shape index (κ2) is 5.89. The van der Waals surface area contributed by atoms with Crippen LogP contribution in [0, 0.1) is 5.92 Å². The maximum absolute atomic E-state index is 3.54. The Bertz CT molecular complexity index is 518. The molecule has 2 aromatic rings. The first kappa shape index (κ1) is 12.9. The lowest BCUT2D eigenvalue weighted by atomic mass is 9.77. The van der Waals surface area contributed by atoms with Crippen molar-refractivity contribution in [3.63, 3.8) is 0 Å². The van der Waals surface area contributed by atoms with Crippen molar-refractivity contribution >= 4 is 11.3 Å². The van der Waals surface area contributed by atoms with Crippen molar-refractivity contribution in [2.45, 2.75) is 31.7 Å². The Morgan fingerprint density at radius 2 is 2.16 bits per heavy atom. The standard InChI is InChI=1S/C17H21NS/c1-18-17-15(7-6-13-10-11-19-12-13)9-8-14-4-2-3-5-16(14)17/h2-5,10-12,15,17-18H,6-9H2,1H3. The summed E-state index contributed by atoms with van der Waals surface area (Å²) >= 11 is 1.81. The zero-order chi connectivity index (χ0) is 13.1. The minimum absolute atomic E-state index is 0.531. The number of benzene rings is 1. The lowest BCUT2D eigenvalue weighted by molar-refractivity contribution is 0.317. The number of nitrogens with one attached hydrogen (secondary N) is 1. The lowest BCUT2D eigenvalue weighted by Crippen LogP contribution is -2.30. The van der Waals surface area contributed by atoms with Crippen LogP contribution in [0.1, 0.15) is 35.6 Å². The lowest BCUT2D eigenvalue weighted by Gasteiger charge is -2.33. The minimum Gasteiger partial charge on any atom is -0.313 e. The molecule has 1 aliphatic rings. The van der Waals surface area contributed by atoms with E-state index in [1.165, 1.54) is 42.4 Å². The number of hydrogen-bond donors (Lipinski definition) is 1. The summed E-state index contributed by atoms with van der Waals surface area (Å²) < 4.78 is 0. The predicted molar refractivity (Wildman–Crippen MR) is 82.7 cm³/mol. The Hall–Kier alpha value is -1.12. The average Bonchev–Trinajstić information content (AvgIpc) is 2.97. The van der Waals surface area contributed by atoms with Gasteiger partial charge in [-0.25, -0.2) is 0 Å². The molecule has 0 bridgehead atoms. The molecule has 3 rings (SSSR count). The van der Waals surface area contributed by atoms with Gasteiger partial charge in [-0.3, -0.25) is 0 Å². The van der Waals surface area contributed by atoms with Crippen LogP contribution in [0.2, 0.25) is 0 Å². The Morgan fingerprint density at radius 1 is 1.26 bits per heavy atom. The van der Waals surface area contributed by atoms with Gasteiger partial charge in [0.25, 0.3) is 0 Å². The van der Waals surface area contributed by atoms with Gasteiger partial charge >= 0.3 is 0 Å². The molecule has 0 radical (unpaired) electrons. The SMILES string of the molecule is CNC1c2ccccc2CCC1CCc1ccsc1. The molecular formula is C17H21NS. The second-order valence-corrected chi connectivity index (χ2v) is 6.21. The van der Waals surface area contributed by atoms with E-state index in [1.54, 1.807) is 11.3 Å². The van der Waals surface area contributed by atoms with E-state index in [-0.39, 0.29) is 0 Å². The van der Waals surface area contributed by atoms with Crippen LogP contribution in [0.4, 0.5) is 0 Å². The van der Waals surface area contributed by atoms with E-state index in [0.717, 1.165) is 5.92 Å². The van der Waals surface area contributed by atoms with Crippen LogP contribution >= 0.6 is 11.3 Å². The van der Waals surface area contributed by atoms with Crippen LogP contribution in [0.3, 0.4) is 0 Å². The molecule has 0 aliphatic heterocycles. The molecule has 1 nitrogen and oxygen atoms in total. The van der Waals surface area contributed by atoms with Crippen LogP contribution < -0.4 is 5.32 Å². The number of fused-ring (bicyclic) bond motifs is 1. The Kier molecular flexibility index (Phi) is 4.00. The third-order valence-corrected chi connectivity index (χ3v) is 5.07. The summed E-state index contributed by atoms with van der Waals surface area (Å²) in [4.78, 5) is 0. The summed E-state index contributed by atoms with van der Waals surface area (Å²) in [6.07, 6.45) is 5.06. The Labute approximate surface area is 119 Å². The van der Waals surface area contributed by atoms with Crippen LogP contribution in [-0.4, -0.2) is 7.05 Å². The first-order chi connectivity index (χ1) is 9.38. The molecule has 19 heavy (non-hydrogen) atoms. The molecule has 2 unspecified atom stereocenters. The van der Waals surface area contributed by atoms with Crippen molar-refractivity contribution in [3.05, 3.63) is 57.8 Å². The van der Waals surface area contributed by atoms with Gasteiger partial charge in [0, 0.05) is 6.04 Å². The molecule has 0 spiro atoms. The summed E-state index contributed by atoms with van der Waals surface area (Å²) in [5, 5.41) is 8.01. The molecule has 1 aromatic heterocycles.